The highest BCUT2D eigenvalue weighted by Crippen LogP contribution is 2.19. The summed E-state index contributed by atoms with van der Waals surface area (Å²) in [5.41, 5.74) is 1.06. The maximum atomic E-state index is 4.17. The Morgan fingerprint density at radius 1 is 1.60 bits per heavy atom. The molecular weight excluding hydrogens is 188 g/mol. The van der Waals surface area contributed by atoms with Crippen LogP contribution in [-0.4, -0.2) is 21.0 Å². The highest BCUT2D eigenvalue weighted by Gasteiger charge is 2.20. The normalized spacial score (nSPS) is 18.0. The van der Waals surface area contributed by atoms with Crippen LogP contribution in [0.1, 0.15) is 51.3 Å². The van der Waals surface area contributed by atoms with Crippen molar-refractivity contribution in [3.63, 3.8) is 0 Å². The van der Waals surface area contributed by atoms with Gasteiger partial charge in [0.25, 0.3) is 0 Å². The topological polar surface area (TPSA) is 42.7 Å². The summed E-state index contributed by atoms with van der Waals surface area (Å²) in [4.78, 5) is 0. The number of rotatable bonds is 6. The smallest absolute Gasteiger partial charge is 0.0965 e. The van der Waals surface area contributed by atoms with E-state index in [1.165, 1.54) is 25.7 Å². The van der Waals surface area contributed by atoms with Crippen LogP contribution in [0.25, 0.3) is 0 Å². The molecular formula is C11H20N4. The van der Waals surface area contributed by atoms with Crippen molar-refractivity contribution in [2.24, 2.45) is 0 Å². The molecule has 1 fully saturated rings. The fourth-order valence-corrected chi connectivity index (χ4v) is 1.70. The zero-order valence-corrected chi connectivity index (χ0v) is 9.61. The molecule has 1 aromatic heterocycles. The molecule has 0 aliphatic heterocycles. The minimum absolute atomic E-state index is 0.470. The molecule has 84 valence electrons. The lowest BCUT2D eigenvalue weighted by atomic mass is 10.2. The molecule has 1 aliphatic carbocycles. The van der Waals surface area contributed by atoms with Crippen molar-refractivity contribution >= 4 is 0 Å². The van der Waals surface area contributed by atoms with E-state index >= 15 is 0 Å². The maximum absolute atomic E-state index is 4.17. The van der Waals surface area contributed by atoms with Crippen LogP contribution in [0, 0.1) is 0 Å². The summed E-state index contributed by atoms with van der Waals surface area (Å²) in [7, 11) is 0. The lowest BCUT2D eigenvalue weighted by Gasteiger charge is -2.08. The van der Waals surface area contributed by atoms with Crippen LogP contribution in [0.15, 0.2) is 6.20 Å². The Kier molecular flexibility index (Phi) is 3.36. The number of hydrogen-bond acceptors (Lipinski definition) is 3. The first-order chi connectivity index (χ1) is 7.29. The first-order valence-electron chi connectivity index (χ1n) is 5.93. The van der Waals surface area contributed by atoms with Crippen molar-refractivity contribution in [2.45, 2.75) is 58.2 Å². The van der Waals surface area contributed by atoms with Crippen molar-refractivity contribution in [3.05, 3.63) is 11.9 Å². The predicted octanol–water partition coefficient (Wildman–Crippen LogP) is 1.89. The van der Waals surface area contributed by atoms with Crippen LogP contribution in [0.2, 0.25) is 0 Å². The Bertz CT molecular complexity index is 303. The van der Waals surface area contributed by atoms with Gasteiger partial charge < -0.3 is 5.32 Å². The van der Waals surface area contributed by atoms with Gasteiger partial charge in [-0.25, -0.2) is 4.68 Å². The van der Waals surface area contributed by atoms with Gasteiger partial charge in [0.2, 0.25) is 0 Å². The van der Waals surface area contributed by atoms with E-state index in [4.69, 9.17) is 0 Å². The average Bonchev–Trinajstić information content (AvgIpc) is 2.93. The molecule has 1 heterocycles. The number of hydrogen-bond donors (Lipinski definition) is 1. The van der Waals surface area contributed by atoms with Crippen LogP contribution in [0.3, 0.4) is 0 Å². The van der Waals surface area contributed by atoms with Gasteiger partial charge in [0, 0.05) is 12.6 Å². The summed E-state index contributed by atoms with van der Waals surface area (Å²) in [5.74, 6) is 0. The van der Waals surface area contributed by atoms with Gasteiger partial charge in [-0.3, -0.25) is 0 Å². The minimum atomic E-state index is 0.470. The van der Waals surface area contributed by atoms with E-state index in [0.29, 0.717) is 6.04 Å². The van der Waals surface area contributed by atoms with Crippen LogP contribution in [-0.2, 0) is 6.54 Å². The van der Waals surface area contributed by atoms with Crippen molar-refractivity contribution in [1.82, 2.24) is 20.3 Å². The molecule has 1 saturated carbocycles. The van der Waals surface area contributed by atoms with Gasteiger partial charge in [0.15, 0.2) is 0 Å². The second-order valence-electron chi connectivity index (χ2n) is 4.48. The molecule has 4 nitrogen and oxygen atoms in total. The molecule has 4 heteroatoms. The van der Waals surface area contributed by atoms with Gasteiger partial charge >= 0.3 is 0 Å². The van der Waals surface area contributed by atoms with E-state index in [-0.39, 0.29) is 0 Å². The van der Waals surface area contributed by atoms with Gasteiger partial charge in [-0.15, -0.1) is 5.10 Å². The summed E-state index contributed by atoms with van der Waals surface area (Å²) in [6.45, 7) is 5.25. The molecule has 0 amide bonds. The van der Waals surface area contributed by atoms with Crippen LogP contribution in [0.4, 0.5) is 0 Å². The lowest BCUT2D eigenvalue weighted by molar-refractivity contribution is 0.443. The summed E-state index contributed by atoms with van der Waals surface area (Å²) < 4.78 is 1.98. The fourth-order valence-electron chi connectivity index (χ4n) is 1.70. The SMILES string of the molecule is CCCC(C)n1cc(CNC2CC2)nn1. The molecule has 15 heavy (non-hydrogen) atoms. The average molecular weight is 208 g/mol. The fraction of sp³-hybridized carbons (Fsp3) is 0.818. The highest BCUT2D eigenvalue weighted by molar-refractivity contribution is 4.94. The zero-order valence-electron chi connectivity index (χ0n) is 9.61. The van der Waals surface area contributed by atoms with Gasteiger partial charge in [0.1, 0.15) is 0 Å². The molecule has 1 unspecified atom stereocenters. The molecule has 0 radical (unpaired) electrons. The van der Waals surface area contributed by atoms with Crippen molar-refractivity contribution in [3.8, 4) is 0 Å². The lowest BCUT2D eigenvalue weighted by Crippen LogP contribution is -2.15. The first kappa shape index (κ1) is 10.6. The largest absolute Gasteiger partial charge is 0.308 e. The van der Waals surface area contributed by atoms with Crippen LogP contribution < -0.4 is 5.32 Å². The summed E-state index contributed by atoms with van der Waals surface area (Å²) in [6, 6.07) is 1.21. The van der Waals surface area contributed by atoms with Crippen molar-refractivity contribution < 1.29 is 0 Å². The Morgan fingerprint density at radius 3 is 3.07 bits per heavy atom. The number of nitrogens with zero attached hydrogens (tertiary/aromatic N) is 3. The quantitative estimate of drug-likeness (QED) is 0.776. The molecule has 1 aliphatic rings. The molecule has 0 aromatic carbocycles. The summed E-state index contributed by atoms with van der Waals surface area (Å²) >= 11 is 0. The monoisotopic (exact) mass is 208 g/mol. The number of aromatic nitrogens is 3. The van der Waals surface area contributed by atoms with Gasteiger partial charge in [0.05, 0.1) is 17.9 Å². The molecule has 0 spiro atoms. The van der Waals surface area contributed by atoms with Gasteiger partial charge in [-0.1, -0.05) is 18.6 Å². The van der Waals surface area contributed by atoms with Crippen molar-refractivity contribution in [1.29, 1.82) is 0 Å². The first-order valence-corrected chi connectivity index (χ1v) is 5.93. The van der Waals surface area contributed by atoms with E-state index in [0.717, 1.165) is 18.3 Å². The highest BCUT2D eigenvalue weighted by atomic mass is 15.4. The van der Waals surface area contributed by atoms with E-state index in [2.05, 4.69) is 35.7 Å². The van der Waals surface area contributed by atoms with Crippen LogP contribution in [0.5, 0.6) is 0 Å². The second-order valence-corrected chi connectivity index (χ2v) is 4.48. The van der Waals surface area contributed by atoms with Crippen LogP contribution >= 0.6 is 0 Å². The van der Waals surface area contributed by atoms with E-state index in [1.807, 2.05) is 4.68 Å². The van der Waals surface area contributed by atoms with Crippen molar-refractivity contribution in [2.75, 3.05) is 0 Å². The summed E-state index contributed by atoms with van der Waals surface area (Å²) in [6.07, 6.45) is 7.06. The molecule has 1 N–H and O–H groups in total. The Labute approximate surface area is 91.1 Å². The Balaban J connectivity index is 1.84. The minimum Gasteiger partial charge on any atom is -0.308 e. The second kappa shape index (κ2) is 4.75. The Morgan fingerprint density at radius 2 is 2.40 bits per heavy atom. The molecule has 1 aromatic rings. The third-order valence-electron chi connectivity index (χ3n) is 2.86. The van der Waals surface area contributed by atoms with E-state index in [9.17, 15) is 0 Å². The van der Waals surface area contributed by atoms with Gasteiger partial charge in [-0.05, 0) is 26.2 Å². The number of nitrogens with one attached hydrogen (secondary N) is 1. The standard InChI is InChI=1S/C11H20N4/c1-3-4-9(2)15-8-11(13-14-15)7-12-10-5-6-10/h8-10,12H,3-7H2,1-2H3. The Hall–Kier alpha value is -0.900. The zero-order chi connectivity index (χ0) is 10.7. The third kappa shape index (κ3) is 3.02. The molecule has 0 bridgehead atoms. The third-order valence-corrected chi connectivity index (χ3v) is 2.86. The molecule has 1 atom stereocenters. The molecule has 2 rings (SSSR count). The van der Waals surface area contributed by atoms with E-state index < -0.39 is 0 Å². The maximum Gasteiger partial charge on any atom is 0.0965 e. The predicted molar refractivity (Wildman–Crippen MR) is 59.5 cm³/mol. The molecule has 0 saturated heterocycles. The summed E-state index contributed by atoms with van der Waals surface area (Å²) in [5, 5.41) is 11.8. The van der Waals surface area contributed by atoms with E-state index in [1.54, 1.807) is 0 Å². The van der Waals surface area contributed by atoms with Gasteiger partial charge in [-0.2, -0.15) is 0 Å².